The van der Waals surface area contributed by atoms with Gasteiger partial charge in [0.1, 0.15) is 6.23 Å². The molecule has 2 aromatic rings. The van der Waals surface area contributed by atoms with Gasteiger partial charge in [-0.2, -0.15) is 24.9 Å². The third kappa shape index (κ3) is 5.44. The average Bonchev–Trinajstić information content (AvgIpc) is 3.27. The molecule has 28 heavy (non-hydrogen) atoms. The molecule has 2 aromatic heterocycles. The Kier molecular flexibility index (Phi) is 7.32. The van der Waals surface area contributed by atoms with E-state index in [-0.39, 0.29) is 18.1 Å². The maximum atomic E-state index is 12.5. The third-order valence-electron chi connectivity index (χ3n) is 4.47. The van der Waals surface area contributed by atoms with Gasteiger partial charge in [0, 0.05) is 18.1 Å². The molecule has 0 spiro atoms. The molecule has 0 amide bonds. The number of fused-ring (bicyclic) bond motifs is 1. The second kappa shape index (κ2) is 9.53. The van der Waals surface area contributed by atoms with E-state index < -0.39 is 12.6 Å². The van der Waals surface area contributed by atoms with E-state index in [9.17, 15) is 13.2 Å². The number of imidazole rings is 1. The van der Waals surface area contributed by atoms with E-state index in [0.29, 0.717) is 28.7 Å². The number of ether oxygens (including phenoxy) is 1. The molecule has 0 aliphatic carbocycles. The fourth-order valence-corrected chi connectivity index (χ4v) is 4.15. The lowest BCUT2D eigenvalue weighted by Gasteiger charge is -2.15. The predicted molar refractivity (Wildman–Crippen MR) is 107 cm³/mol. The number of aromatic nitrogens is 4. The Bertz CT molecular complexity index is 786. The highest BCUT2D eigenvalue weighted by molar-refractivity contribution is 7.99. The van der Waals surface area contributed by atoms with Crippen LogP contribution in [0.2, 0.25) is 0 Å². The summed E-state index contributed by atoms with van der Waals surface area (Å²) in [5.41, 5.74) is 1.21. The van der Waals surface area contributed by atoms with Crippen molar-refractivity contribution in [1.29, 1.82) is 0 Å². The van der Waals surface area contributed by atoms with Crippen molar-refractivity contribution < 1.29 is 17.9 Å². The molecule has 1 fully saturated rings. The van der Waals surface area contributed by atoms with Crippen molar-refractivity contribution in [3.05, 3.63) is 6.33 Å². The monoisotopic (exact) mass is 435 g/mol. The normalized spacial score (nSPS) is 20.2. The average molecular weight is 436 g/mol. The highest BCUT2D eigenvalue weighted by atomic mass is 32.2. The lowest BCUT2D eigenvalue weighted by atomic mass is 10.2. The zero-order valence-corrected chi connectivity index (χ0v) is 17.5. The molecule has 1 saturated heterocycles. The van der Waals surface area contributed by atoms with Gasteiger partial charge >= 0.3 is 6.18 Å². The van der Waals surface area contributed by atoms with E-state index in [4.69, 9.17) is 4.74 Å². The smallest absolute Gasteiger partial charge is 0.367 e. The quantitative estimate of drug-likeness (QED) is 0.347. The number of nitrogens with one attached hydrogen (secondary N) is 1. The molecule has 156 valence electrons. The van der Waals surface area contributed by atoms with Crippen LogP contribution in [-0.2, 0) is 4.74 Å². The van der Waals surface area contributed by atoms with Crippen LogP contribution in [0.15, 0.2) is 11.5 Å². The summed E-state index contributed by atoms with van der Waals surface area (Å²) in [6.07, 6.45) is 1.46. The minimum atomic E-state index is -4.19. The second-order valence-corrected chi connectivity index (χ2v) is 8.56. The van der Waals surface area contributed by atoms with Crippen LogP contribution in [0.1, 0.15) is 38.8 Å². The van der Waals surface area contributed by atoms with E-state index in [2.05, 4.69) is 27.2 Å². The number of rotatable bonds is 9. The van der Waals surface area contributed by atoms with Gasteiger partial charge in [-0.05, 0) is 25.5 Å². The second-order valence-electron chi connectivity index (χ2n) is 6.51. The third-order valence-corrected chi connectivity index (χ3v) is 5.93. The number of anilines is 1. The number of hydrogen-bond donors (Lipinski definition) is 1. The molecule has 6 nitrogen and oxygen atoms in total. The van der Waals surface area contributed by atoms with Crippen LogP contribution in [0.5, 0.6) is 0 Å². The fourth-order valence-electron chi connectivity index (χ4n) is 3.02. The first kappa shape index (κ1) is 21.5. The zero-order valence-electron chi connectivity index (χ0n) is 15.8. The van der Waals surface area contributed by atoms with E-state index in [0.717, 1.165) is 36.8 Å². The maximum absolute atomic E-state index is 12.5. The van der Waals surface area contributed by atoms with Gasteiger partial charge in [0.2, 0.25) is 0 Å². The first-order valence-corrected chi connectivity index (χ1v) is 11.6. The minimum absolute atomic E-state index is 0.120. The maximum Gasteiger partial charge on any atom is 0.389 e. The summed E-state index contributed by atoms with van der Waals surface area (Å²) in [7, 11) is 0. The number of thioether (sulfide) groups is 2. The van der Waals surface area contributed by atoms with Gasteiger partial charge in [-0.25, -0.2) is 15.0 Å². The first-order valence-electron chi connectivity index (χ1n) is 9.23. The molecular weight excluding hydrogens is 411 g/mol. The fraction of sp³-hybridized carbons (Fsp3) is 0.706. The molecular formula is C17H24F3N5OS2. The number of nitrogens with zero attached hydrogens (tertiary/aromatic N) is 4. The predicted octanol–water partition coefficient (Wildman–Crippen LogP) is 4.73. The Morgan fingerprint density at radius 3 is 2.79 bits per heavy atom. The lowest BCUT2D eigenvalue weighted by Crippen LogP contribution is -2.12. The minimum Gasteiger partial charge on any atom is -0.367 e. The summed E-state index contributed by atoms with van der Waals surface area (Å²) in [6.45, 7) is 2.77. The van der Waals surface area contributed by atoms with Crippen LogP contribution >= 0.6 is 23.5 Å². The van der Waals surface area contributed by atoms with Crippen LogP contribution < -0.4 is 5.32 Å². The van der Waals surface area contributed by atoms with Crippen molar-refractivity contribution in [2.75, 3.05) is 29.6 Å². The van der Waals surface area contributed by atoms with Gasteiger partial charge < -0.3 is 10.1 Å². The summed E-state index contributed by atoms with van der Waals surface area (Å²) >= 11 is 2.70. The van der Waals surface area contributed by atoms with Crippen molar-refractivity contribution in [2.24, 2.45) is 0 Å². The summed E-state index contributed by atoms with van der Waals surface area (Å²) in [6, 6.07) is 0. The van der Waals surface area contributed by atoms with Crippen LogP contribution in [0, 0.1) is 0 Å². The molecule has 2 unspecified atom stereocenters. The van der Waals surface area contributed by atoms with Gasteiger partial charge in [0.25, 0.3) is 0 Å². The van der Waals surface area contributed by atoms with Crippen molar-refractivity contribution in [3.63, 3.8) is 0 Å². The molecule has 1 aliphatic heterocycles. The first-order chi connectivity index (χ1) is 13.4. The van der Waals surface area contributed by atoms with Crippen molar-refractivity contribution in [3.8, 4) is 0 Å². The van der Waals surface area contributed by atoms with Crippen LogP contribution in [0.25, 0.3) is 11.2 Å². The van der Waals surface area contributed by atoms with Gasteiger partial charge in [0.15, 0.2) is 22.1 Å². The molecule has 2 atom stereocenters. The van der Waals surface area contributed by atoms with Gasteiger partial charge in [-0.3, -0.25) is 4.57 Å². The molecule has 3 heterocycles. The molecule has 0 aromatic carbocycles. The summed E-state index contributed by atoms with van der Waals surface area (Å²) in [5.74, 6) is 1.31. The molecule has 11 heteroatoms. The molecule has 0 saturated carbocycles. The van der Waals surface area contributed by atoms with E-state index in [1.807, 2.05) is 10.8 Å². The Morgan fingerprint density at radius 2 is 2.11 bits per heavy atom. The summed E-state index contributed by atoms with van der Waals surface area (Å²) < 4.78 is 45.4. The lowest BCUT2D eigenvalue weighted by molar-refractivity contribution is -0.129. The molecule has 0 radical (unpaired) electrons. The van der Waals surface area contributed by atoms with E-state index >= 15 is 0 Å². The summed E-state index contributed by atoms with van der Waals surface area (Å²) in [4.78, 5) is 13.4. The molecule has 3 rings (SSSR count). The van der Waals surface area contributed by atoms with Gasteiger partial charge in [0.05, 0.1) is 18.9 Å². The highest BCUT2D eigenvalue weighted by Gasteiger charge is 2.29. The molecule has 1 aliphatic rings. The van der Waals surface area contributed by atoms with E-state index in [1.165, 1.54) is 0 Å². The van der Waals surface area contributed by atoms with Crippen LogP contribution in [0.3, 0.4) is 0 Å². The number of halogens is 3. The van der Waals surface area contributed by atoms with Crippen molar-refractivity contribution in [2.45, 2.75) is 56.3 Å². The van der Waals surface area contributed by atoms with E-state index in [1.54, 1.807) is 18.1 Å². The van der Waals surface area contributed by atoms with Crippen LogP contribution in [-0.4, -0.2) is 56.1 Å². The zero-order chi connectivity index (χ0) is 20.1. The number of hydrogen-bond acceptors (Lipinski definition) is 7. The van der Waals surface area contributed by atoms with Crippen molar-refractivity contribution >= 4 is 40.5 Å². The Labute approximate surface area is 170 Å². The van der Waals surface area contributed by atoms with Gasteiger partial charge in [-0.1, -0.05) is 18.7 Å². The van der Waals surface area contributed by atoms with Crippen LogP contribution in [0.4, 0.5) is 19.0 Å². The Hall–Kier alpha value is -1.20. The Balaban J connectivity index is 1.86. The Morgan fingerprint density at radius 1 is 1.29 bits per heavy atom. The standard InChI is InChI=1S/C17H24F3N5OS2/c1-3-11-4-5-12(26-11)25-10-22-13-14(21-7-9-27-2)23-16(24-15(13)25)28-8-6-17(18,19)20/h10-12H,3-9H2,1-2H3,(H,21,23,24). The molecule has 1 N–H and O–H groups in total. The largest absolute Gasteiger partial charge is 0.389 e. The SMILES string of the molecule is CCC1CCC(n2cnc3c(NCCSC)nc(SCCC(F)(F)F)nc32)O1. The summed E-state index contributed by atoms with van der Waals surface area (Å²) in [5, 5.41) is 3.55. The number of alkyl halides is 3. The highest BCUT2D eigenvalue weighted by Crippen LogP contribution is 2.34. The topological polar surface area (TPSA) is 64.9 Å². The van der Waals surface area contributed by atoms with Gasteiger partial charge in [-0.15, -0.1) is 0 Å². The van der Waals surface area contributed by atoms with Crippen molar-refractivity contribution in [1.82, 2.24) is 19.5 Å². The molecule has 0 bridgehead atoms.